The van der Waals surface area contributed by atoms with Crippen LogP contribution < -0.4 is 24.4 Å². The molecule has 0 bridgehead atoms. The Balaban J connectivity index is 1.64. The predicted molar refractivity (Wildman–Crippen MR) is 105 cm³/mol. The average molecular weight is 386 g/mol. The summed E-state index contributed by atoms with van der Waals surface area (Å²) in [6.07, 6.45) is 5.61. The van der Waals surface area contributed by atoms with Crippen molar-refractivity contribution in [3.05, 3.63) is 36.2 Å². The summed E-state index contributed by atoms with van der Waals surface area (Å²) in [5.74, 6) is 2.24. The lowest BCUT2D eigenvalue weighted by Crippen LogP contribution is -2.48. The molecule has 150 valence electrons. The van der Waals surface area contributed by atoms with Gasteiger partial charge in [0, 0.05) is 31.5 Å². The zero-order valence-electron chi connectivity index (χ0n) is 16.5. The van der Waals surface area contributed by atoms with Crippen LogP contribution in [0.4, 0.5) is 5.95 Å². The van der Waals surface area contributed by atoms with Crippen molar-refractivity contribution in [2.75, 3.05) is 39.3 Å². The van der Waals surface area contributed by atoms with Crippen LogP contribution in [0.3, 0.4) is 0 Å². The van der Waals surface area contributed by atoms with Gasteiger partial charge in [-0.2, -0.15) is 0 Å². The maximum absolute atomic E-state index is 12.6. The Morgan fingerprint density at radius 2 is 1.82 bits per heavy atom. The van der Waals surface area contributed by atoms with E-state index in [-0.39, 0.29) is 18.4 Å². The Morgan fingerprint density at radius 3 is 2.43 bits per heavy atom. The zero-order chi connectivity index (χ0) is 19.9. The molecule has 1 fully saturated rings. The lowest BCUT2D eigenvalue weighted by Gasteiger charge is -2.33. The SMILES string of the molecule is COc1cc(CC(=O)N[C@@H]2CCCN(c3ncccn3)C2)cc(OC)c1OC. The molecule has 1 aliphatic heterocycles. The van der Waals surface area contributed by atoms with Crippen molar-refractivity contribution in [1.82, 2.24) is 15.3 Å². The number of hydrogen-bond donors (Lipinski definition) is 1. The van der Waals surface area contributed by atoms with Crippen LogP contribution in [0.1, 0.15) is 18.4 Å². The number of piperidine rings is 1. The maximum Gasteiger partial charge on any atom is 0.225 e. The lowest BCUT2D eigenvalue weighted by atomic mass is 10.0. The summed E-state index contributed by atoms with van der Waals surface area (Å²) < 4.78 is 16.0. The van der Waals surface area contributed by atoms with E-state index in [1.54, 1.807) is 51.9 Å². The van der Waals surface area contributed by atoms with Crippen LogP contribution in [-0.2, 0) is 11.2 Å². The fourth-order valence-electron chi connectivity index (χ4n) is 3.43. The Bertz CT molecular complexity index is 775. The number of hydrogen-bond acceptors (Lipinski definition) is 7. The van der Waals surface area contributed by atoms with Gasteiger partial charge < -0.3 is 24.4 Å². The van der Waals surface area contributed by atoms with Gasteiger partial charge in [-0.05, 0) is 36.6 Å². The van der Waals surface area contributed by atoms with Crippen LogP contribution in [0.25, 0.3) is 0 Å². The summed E-state index contributed by atoms with van der Waals surface area (Å²) in [6, 6.07) is 5.45. The van der Waals surface area contributed by atoms with E-state index in [4.69, 9.17) is 14.2 Å². The first-order valence-electron chi connectivity index (χ1n) is 9.24. The largest absolute Gasteiger partial charge is 0.493 e. The molecule has 1 amide bonds. The molecular formula is C20H26N4O4. The molecule has 1 aromatic heterocycles. The van der Waals surface area contributed by atoms with Crippen molar-refractivity contribution < 1.29 is 19.0 Å². The smallest absolute Gasteiger partial charge is 0.225 e. The summed E-state index contributed by atoms with van der Waals surface area (Å²) in [7, 11) is 4.67. The van der Waals surface area contributed by atoms with E-state index in [0.29, 0.717) is 29.7 Å². The zero-order valence-corrected chi connectivity index (χ0v) is 16.5. The minimum atomic E-state index is -0.0462. The monoisotopic (exact) mass is 386 g/mol. The Labute approximate surface area is 164 Å². The Kier molecular flexibility index (Phi) is 6.52. The molecule has 1 saturated heterocycles. The molecule has 1 N–H and O–H groups in total. The number of amides is 1. The molecular weight excluding hydrogens is 360 g/mol. The van der Waals surface area contributed by atoms with Crippen molar-refractivity contribution in [2.45, 2.75) is 25.3 Å². The molecule has 3 rings (SSSR count). The summed E-state index contributed by atoms with van der Waals surface area (Å²) in [5.41, 5.74) is 0.797. The lowest BCUT2D eigenvalue weighted by molar-refractivity contribution is -0.121. The van der Waals surface area contributed by atoms with Crippen molar-refractivity contribution in [3.63, 3.8) is 0 Å². The molecule has 8 heteroatoms. The number of carbonyl (C=O) groups excluding carboxylic acids is 1. The molecule has 0 unspecified atom stereocenters. The van der Waals surface area contributed by atoms with Crippen LogP contribution in [-0.4, -0.2) is 56.3 Å². The highest BCUT2D eigenvalue weighted by Gasteiger charge is 2.23. The van der Waals surface area contributed by atoms with E-state index in [0.717, 1.165) is 24.9 Å². The van der Waals surface area contributed by atoms with Crippen molar-refractivity contribution >= 4 is 11.9 Å². The van der Waals surface area contributed by atoms with E-state index in [1.807, 2.05) is 0 Å². The quantitative estimate of drug-likeness (QED) is 0.777. The topological polar surface area (TPSA) is 85.8 Å². The number of methoxy groups -OCH3 is 3. The van der Waals surface area contributed by atoms with Crippen molar-refractivity contribution in [3.8, 4) is 17.2 Å². The predicted octanol–water partition coefficient (Wildman–Crippen LogP) is 1.83. The number of benzene rings is 1. The molecule has 2 heterocycles. The molecule has 0 radical (unpaired) electrons. The van der Waals surface area contributed by atoms with Gasteiger partial charge in [-0.3, -0.25) is 4.79 Å². The van der Waals surface area contributed by atoms with E-state index < -0.39 is 0 Å². The van der Waals surface area contributed by atoms with Crippen LogP contribution in [0, 0.1) is 0 Å². The van der Waals surface area contributed by atoms with Gasteiger partial charge in [0.1, 0.15) is 0 Å². The third-order valence-corrected chi connectivity index (χ3v) is 4.71. The highest BCUT2D eigenvalue weighted by atomic mass is 16.5. The Hall–Kier alpha value is -3.03. The molecule has 0 saturated carbocycles. The molecule has 1 atom stereocenters. The molecule has 0 aliphatic carbocycles. The van der Waals surface area contributed by atoms with E-state index in [2.05, 4.69) is 20.2 Å². The number of nitrogens with zero attached hydrogens (tertiary/aromatic N) is 3. The molecule has 0 spiro atoms. The van der Waals surface area contributed by atoms with Gasteiger partial charge in [0.2, 0.25) is 17.6 Å². The van der Waals surface area contributed by atoms with Gasteiger partial charge in [0.05, 0.1) is 27.8 Å². The average Bonchev–Trinajstić information content (AvgIpc) is 2.73. The third kappa shape index (κ3) is 4.62. The van der Waals surface area contributed by atoms with Crippen molar-refractivity contribution in [2.24, 2.45) is 0 Å². The second kappa shape index (κ2) is 9.25. The normalized spacial score (nSPS) is 16.4. The fraction of sp³-hybridized carbons (Fsp3) is 0.450. The van der Waals surface area contributed by atoms with Crippen LogP contribution in [0.2, 0.25) is 0 Å². The van der Waals surface area contributed by atoms with E-state index in [9.17, 15) is 4.79 Å². The second-order valence-corrected chi connectivity index (χ2v) is 6.61. The fourth-order valence-corrected chi connectivity index (χ4v) is 3.43. The number of ether oxygens (including phenoxy) is 3. The molecule has 1 aromatic carbocycles. The van der Waals surface area contributed by atoms with Gasteiger partial charge >= 0.3 is 0 Å². The number of carbonyl (C=O) groups is 1. The van der Waals surface area contributed by atoms with E-state index in [1.165, 1.54) is 0 Å². The summed E-state index contributed by atoms with van der Waals surface area (Å²) in [5, 5.41) is 3.12. The van der Waals surface area contributed by atoms with Crippen LogP contribution in [0.5, 0.6) is 17.2 Å². The molecule has 1 aliphatic rings. The number of aromatic nitrogens is 2. The molecule has 28 heavy (non-hydrogen) atoms. The van der Waals surface area contributed by atoms with Gasteiger partial charge in [0.15, 0.2) is 11.5 Å². The number of nitrogens with one attached hydrogen (secondary N) is 1. The molecule has 8 nitrogen and oxygen atoms in total. The van der Waals surface area contributed by atoms with E-state index >= 15 is 0 Å². The minimum Gasteiger partial charge on any atom is -0.493 e. The Morgan fingerprint density at radius 1 is 1.14 bits per heavy atom. The molecule has 2 aromatic rings. The third-order valence-electron chi connectivity index (χ3n) is 4.71. The van der Waals surface area contributed by atoms with Crippen molar-refractivity contribution in [1.29, 1.82) is 0 Å². The summed E-state index contributed by atoms with van der Waals surface area (Å²) in [6.45, 7) is 1.59. The highest BCUT2D eigenvalue weighted by Crippen LogP contribution is 2.38. The number of rotatable bonds is 7. The van der Waals surface area contributed by atoms with Gasteiger partial charge in [0.25, 0.3) is 0 Å². The first-order chi connectivity index (χ1) is 13.6. The van der Waals surface area contributed by atoms with Gasteiger partial charge in [-0.25, -0.2) is 9.97 Å². The highest BCUT2D eigenvalue weighted by molar-refractivity contribution is 5.79. The summed E-state index contributed by atoms with van der Waals surface area (Å²) in [4.78, 5) is 23.3. The van der Waals surface area contributed by atoms with Crippen LogP contribution in [0.15, 0.2) is 30.6 Å². The second-order valence-electron chi connectivity index (χ2n) is 6.61. The first-order valence-corrected chi connectivity index (χ1v) is 9.24. The maximum atomic E-state index is 12.6. The summed E-state index contributed by atoms with van der Waals surface area (Å²) >= 11 is 0. The van der Waals surface area contributed by atoms with Crippen LogP contribution >= 0.6 is 0 Å². The van der Waals surface area contributed by atoms with Gasteiger partial charge in [-0.15, -0.1) is 0 Å². The standard InChI is InChI=1S/C20H26N4O4/c1-26-16-10-14(11-17(27-2)19(16)28-3)12-18(25)23-15-6-4-9-24(13-15)20-21-7-5-8-22-20/h5,7-8,10-11,15H,4,6,9,12-13H2,1-3H3,(H,23,25)/t15-/m1/s1. The minimum absolute atomic E-state index is 0.0462. The number of anilines is 1. The first kappa shape index (κ1) is 19.7. The van der Waals surface area contributed by atoms with Gasteiger partial charge in [-0.1, -0.05) is 0 Å².